The van der Waals surface area contributed by atoms with Gasteiger partial charge in [-0.3, -0.25) is 4.79 Å². The fourth-order valence-electron chi connectivity index (χ4n) is 3.19. The number of benzene rings is 1. The summed E-state index contributed by atoms with van der Waals surface area (Å²) in [5, 5.41) is 9.56. The van der Waals surface area contributed by atoms with Gasteiger partial charge in [0, 0.05) is 38.6 Å². The van der Waals surface area contributed by atoms with Crippen molar-refractivity contribution in [1.82, 2.24) is 9.80 Å². The van der Waals surface area contributed by atoms with Crippen molar-refractivity contribution < 1.29 is 14.3 Å². The van der Waals surface area contributed by atoms with Gasteiger partial charge in [0.2, 0.25) is 5.91 Å². The molecule has 2 rings (SSSR count). The molecule has 0 radical (unpaired) electrons. The third-order valence-corrected chi connectivity index (χ3v) is 4.82. The number of carbonyl (C=O) groups excluding carboxylic acids is 1. The maximum atomic E-state index is 13.6. The van der Waals surface area contributed by atoms with Crippen molar-refractivity contribution in [3.05, 3.63) is 35.6 Å². The number of aryl methyl sites for hydroxylation is 1. The van der Waals surface area contributed by atoms with Gasteiger partial charge in [0.1, 0.15) is 5.82 Å². The Morgan fingerprint density at radius 2 is 2.04 bits per heavy atom. The van der Waals surface area contributed by atoms with Gasteiger partial charge in [0.25, 0.3) is 0 Å². The lowest BCUT2D eigenvalue weighted by atomic mass is 9.96. The Morgan fingerprint density at radius 1 is 1.35 bits per heavy atom. The van der Waals surface area contributed by atoms with Crippen molar-refractivity contribution in [2.24, 2.45) is 11.8 Å². The monoisotopic (exact) mass is 322 g/mol. The zero-order chi connectivity index (χ0) is 16.8. The van der Waals surface area contributed by atoms with E-state index in [-0.39, 0.29) is 24.2 Å². The first-order valence-corrected chi connectivity index (χ1v) is 8.35. The van der Waals surface area contributed by atoms with E-state index in [4.69, 9.17) is 0 Å². The van der Waals surface area contributed by atoms with Crippen molar-refractivity contribution in [3.8, 4) is 0 Å². The van der Waals surface area contributed by atoms with Gasteiger partial charge < -0.3 is 14.9 Å². The maximum Gasteiger partial charge on any atom is 0.222 e. The third kappa shape index (κ3) is 4.75. The molecule has 1 N–H and O–H groups in total. The van der Waals surface area contributed by atoms with E-state index in [9.17, 15) is 14.3 Å². The molecule has 1 aliphatic heterocycles. The van der Waals surface area contributed by atoms with Gasteiger partial charge in [-0.05, 0) is 37.6 Å². The Bertz CT molecular complexity index is 523. The Hall–Kier alpha value is -1.46. The Kier molecular flexibility index (Phi) is 6.54. The predicted molar refractivity (Wildman–Crippen MR) is 88.5 cm³/mol. The highest BCUT2D eigenvalue weighted by Crippen LogP contribution is 2.25. The maximum absolute atomic E-state index is 13.6. The Balaban J connectivity index is 1.89. The fraction of sp³-hybridized carbons (Fsp3) is 0.611. The molecule has 0 unspecified atom stereocenters. The molecule has 1 heterocycles. The summed E-state index contributed by atoms with van der Waals surface area (Å²) in [6.45, 7) is 5.34. The molecular formula is C18H27FN2O2. The van der Waals surface area contributed by atoms with Crippen molar-refractivity contribution >= 4 is 5.91 Å². The molecule has 1 aromatic rings. The van der Waals surface area contributed by atoms with E-state index in [0.29, 0.717) is 37.4 Å². The molecule has 2 atom stereocenters. The Labute approximate surface area is 137 Å². The number of nitrogens with zero attached hydrogens (tertiary/aromatic N) is 2. The molecule has 1 saturated heterocycles. The van der Waals surface area contributed by atoms with Crippen molar-refractivity contribution in [2.75, 3.05) is 39.8 Å². The van der Waals surface area contributed by atoms with E-state index in [1.165, 1.54) is 6.07 Å². The number of halogens is 1. The molecule has 128 valence electrons. The summed E-state index contributed by atoms with van der Waals surface area (Å²) < 4.78 is 13.6. The zero-order valence-corrected chi connectivity index (χ0v) is 14.0. The molecule has 4 nitrogen and oxygen atoms in total. The predicted octanol–water partition coefficient (Wildman–Crippen LogP) is 1.78. The summed E-state index contributed by atoms with van der Waals surface area (Å²) in [6.07, 6.45) is 0.737. The van der Waals surface area contributed by atoms with Crippen LogP contribution in [0, 0.1) is 17.7 Å². The van der Waals surface area contributed by atoms with Crippen LogP contribution in [0.2, 0.25) is 0 Å². The highest BCUT2D eigenvalue weighted by atomic mass is 19.1. The van der Waals surface area contributed by atoms with Crippen molar-refractivity contribution in [1.29, 1.82) is 0 Å². The lowest BCUT2D eigenvalue weighted by Gasteiger charge is -2.22. The van der Waals surface area contributed by atoms with Crippen LogP contribution in [0.15, 0.2) is 24.3 Å². The minimum atomic E-state index is -0.252. The van der Waals surface area contributed by atoms with Crippen LogP contribution in [0.25, 0.3) is 0 Å². The summed E-state index contributed by atoms with van der Waals surface area (Å²) in [4.78, 5) is 16.4. The standard InChI is InChI=1S/C18H27FN2O2/c1-3-20(2)10-15-11-21(12-16(15)13-22)18(23)9-8-14-6-4-5-7-17(14)19/h4-7,15-16,22H,3,8-13H2,1-2H3/t15-,16-/m1/s1. The van der Waals surface area contributed by atoms with Crippen LogP contribution in [0.5, 0.6) is 0 Å². The van der Waals surface area contributed by atoms with E-state index in [0.717, 1.165) is 13.1 Å². The van der Waals surface area contributed by atoms with E-state index in [1.54, 1.807) is 18.2 Å². The first kappa shape index (κ1) is 17.9. The van der Waals surface area contributed by atoms with Gasteiger partial charge in [0.05, 0.1) is 0 Å². The Morgan fingerprint density at radius 3 is 2.70 bits per heavy atom. The van der Waals surface area contributed by atoms with Gasteiger partial charge >= 0.3 is 0 Å². The number of carbonyl (C=O) groups is 1. The molecule has 0 aliphatic carbocycles. The van der Waals surface area contributed by atoms with Crippen LogP contribution in [-0.2, 0) is 11.2 Å². The van der Waals surface area contributed by atoms with Crippen LogP contribution in [0.4, 0.5) is 4.39 Å². The molecule has 1 fully saturated rings. The fourth-order valence-corrected chi connectivity index (χ4v) is 3.19. The number of rotatable bonds is 7. The van der Waals surface area contributed by atoms with E-state index >= 15 is 0 Å². The lowest BCUT2D eigenvalue weighted by molar-refractivity contribution is -0.130. The molecule has 0 spiro atoms. The van der Waals surface area contributed by atoms with Crippen LogP contribution >= 0.6 is 0 Å². The van der Waals surface area contributed by atoms with Crippen molar-refractivity contribution in [2.45, 2.75) is 19.8 Å². The number of aliphatic hydroxyl groups is 1. The number of hydrogen-bond donors (Lipinski definition) is 1. The van der Waals surface area contributed by atoms with E-state index < -0.39 is 0 Å². The molecule has 0 aromatic heterocycles. The van der Waals surface area contributed by atoms with Gasteiger partial charge in [-0.25, -0.2) is 4.39 Å². The van der Waals surface area contributed by atoms with Gasteiger partial charge in [-0.15, -0.1) is 0 Å². The summed E-state index contributed by atoms with van der Waals surface area (Å²) in [7, 11) is 2.05. The average Bonchev–Trinajstić information content (AvgIpc) is 2.96. The topological polar surface area (TPSA) is 43.8 Å². The molecule has 0 saturated carbocycles. The van der Waals surface area contributed by atoms with Crippen molar-refractivity contribution in [3.63, 3.8) is 0 Å². The highest BCUT2D eigenvalue weighted by Gasteiger charge is 2.34. The first-order chi connectivity index (χ1) is 11.0. The molecule has 23 heavy (non-hydrogen) atoms. The molecule has 1 amide bonds. The summed E-state index contributed by atoms with van der Waals surface area (Å²) in [6, 6.07) is 6.59. The minimum absolute atomic E-state index is 0.0494. The number of hydrogen-bond acceptors (Lipinski definition) is 3. The third-order valence-electron chi connectivity index (χ3n) is 4.82. The van der Waals surface area contributed by atoms with Crippen LogP contribution < -0.4 is 0 Å². The van der Waals surface area contributed by atoms with Gasteiger partial charge in [-0.1, -0.05) is 25.1 Å². The quantitative estimate of drug-likeness (QED) is 0.832. The smallest absolute Gasteiger partial charge is 0.222 e. The second kappa shape index (κ2) is 8.41. The lowest BCUT2D eigenvalue weighted by Crippen LogP contribution is -2.32. The largest absolute Gasteiger partial charge is 0.396 e. The molecule has 1 aromatic carbocycles. The molecule has 0 bridgehead atoms. The van der Waals surface area contributed by atoms with Crippen LogP contribution in [-0.4, -0.2) is 60.6 Å². The second-order valence-electron chi connectivity index (χ2n) is 6.45. The summed E-state index contributed by atoms with van der Waals surface area (Å²) in [5.74, 6) is 0.245. The minimum Gasteiger partial charge on any atom is -0.396 e. The van der Waals surface area contributed by atoms with Crippen LogP contribution in [0.1, 0.15) is 18.9 Å². The normalized spacial score (nSPS) is 21.2. The molecular weight excluding hydrogens is 295 g/mol. The average molecular weight is 322 g/mol. The number of aliphatic hydroxyl groups excluding tert-OH is 1. The van der Waals surface area contributed by atoms with Gasteiger partial charge in [0.15, 0.2) is 0 Å². The molecule has 5 heteroatoms. The summed E-state index contributed by atoms with van der Waals surface area (Å²) in [5.41, 5.74) is 0.584. The first-order valence-electron chi connectivity index (χ1n) is 8.35. The number of amides is 1. The van der Waals surface area contributed by atoms with E-state index in [2.05, 4.69) is 18.9 Å². The zero-order valence-electron chi connectivity index (χ0n) is 14.0. The van der Waals surface area contributed by atoms with E-state index in [1.807, 2.05) is 4.90 Å². The summed E-state index contributed by atoms with van der Waals surface area (Å²) >= 11 is 0. The van der Waals surface area contributed by atoms with Crippen LogP contribution in [0.3, 0.4) is 0 Å². The molecule has 1 aliphatic rings. The van der Waals surface area contributed by atoms with Gasteiger partial charge in [-0.2, -0.15) is 0 Å². The highest BCUT2D eigenvalue weighted by molar-refractivity contribution is 5.76. The SMILES string of the molecule is CCN(C)C[C@@H]1CN(C(=O)CCc2ccccc2F)C[C@@H]1CO. The number of likely N-dealkylation sites (tertiary alicyclic amines) is 1. The second-order valence-corrected chi connectivity index (χ2v) is 6.45.